The van der Waals surface area contributed by atoms with Crippen LogP contribution >= 0.6 is 0 Å². The number of carbonyl (C=O) groups is 1. The van der Waals surface area contributed by atoms with Gasteiger partial charge >= 0.3 is 6.09 Å². The summed E-state index contributed by atoms with van der Waals surface area (Å²) in [6.45, 7) is 11.0. The van der Waals surface area contributed by atoms with Crippen molar-refractivity contribution < 1.29 is 9.53 Å². The summed E-state index contributed by atoms with van der Waals surface area (Å²) >= 11 is 0. The predicted octanol–water partition coefficient (Wildman–Crippen LogP) is 3.26. The molecule has 22 heavy (non-hydrogen) atoms. The van der Waals surface area contributed by atoms with Crippen LogP contribution in [0.3, 0.4) is 0 Å². The molecule has 1 aliphatic heterocycles. The summed E-state index contributed by atoms with van der Waals surface area (Å²) in [4.78, 5) is 20.6. The van der Waals surface area contributed by atoms with E-state index in [1.54, 1.807) is 0 Å². The van der Waals surface area contributed by atoms with Crippen LogP contribution < -0.4 is 4.90 Å². The van der Waals surface area contributed by atoms with Crippen molar-refractivity contribution in [2.45, 2.75) is 46.1 Å². The van der Waals surface area contributed by atoms with Gasteiger partial charge in [0.15, 0.2) is 0 Å². The Hall–Kier alpha value is -1.78. The normalized spacial score (nSPS) is 17.9. The van der Waals surface area contributed by atoms with Gasteiger partial charge in [-0.05, 0) is 37.8 Å². The number of carbonyl (C=O) groups excluding carboxylic acids is 1. The SMILES string of the molecule is CCOC(=O)N(CC)C1CCN(c2ccc(C(C)C)cn2)C1. The van der Waals surface area contributed by atoms with Crippen molar-refractivity contribution >= 4 is 11.9 Å². The Morgan fingerprint density at radius 3 is 2.77 bits per heavy atom. The summed E-state index contributed by atoms with van der Waals surface area (Å²) in [6, 6.07) is 4.43. The largest absolute Gasteiger partial charge is 0.450 e. The predicted molar refractivity (Wildman–Crippen MR) is 88.3 cm³/mol. The standard InChI is InChI=1S/C17H27N3O2/c1-5-20(17(21)22-6-2)15-9-10-19(12-15)16-8-7-14(11-18-16)13(3)4/h7-8,11,13,15H,5-6,9-10,12H2,1-4H3. The van der Waals surface area contributed by atoms with E-state index < -0.39 is 0 Å². The van der Waals surface area contributed by atoms with Crippen LogP contribution in [-0.4, -0.2) is 48.3 Å². The van der Waals surface area contributed by atoms with Crippen LogP contribution in [0.1, 0.15) is 45.6 Å². The van der Waals surface area contributed by atoms with Gasteiger partial charge in [-0.1, -0.05) is 19.9 Å². The maximum Gasteiger partial charge on any atom is 0.410 e. The van der Waals surface area contributed by atoms with Crippen molar-refractivity contribution in [3.05, 3.63) is 23.9 Å². The first-order chi connectivity index (χ1) is 10.6. The van der Waals surface area contributed by atoms with E-state index in [2.05, 4.69) is 35.9 Å². The molecule has 0 aliphatic carbocycles. The molecule has 0 radical (unpaired) electrons. The minimum atomic E-state index is -0.208. The minimum Gasteiger partial charge on any atom is -0.450 e. The molecule has 1 aliphatic rings. The van der Waals surface area contributed by atoms with Gasteiger partial charge in [0.2, 0.25) is 0 Å². The second kappa shape index (κ2) is 7.47. The Balaban J connectivity index is 2.00. The van der Waals surface area contributed by atoms with Crippen molar-refractivity contribution in [3.8, 4) is 0 Å². The monoisotopic (exact) mass is 305 g/mol. The average molecular weight is 305 g/mol. The van der Waals surface area contributed by atoms with Gasteiger partial charge in [0.05, 0.1) is 12.6 Å². The van der Waals surface area contributed by atoms with E-state index in [0.29, 0.717) is 19.1 Å². The molecule has 1 saturated heterocycles. The van der Waals surface area contributed by atoms with Gasteiger partial charge in [-0.3, -0.25) is 0 Å². The van der Waals surface area contributed by atoms with E-state index in [1.165, 1.54) is 5.56 Å². The maximum atomic E-state index is 12.0. The second-order valence-electron chi connectivity index (χ2n) is 5.98. The molecule has 2 rings (SSSR count). The number of aromatic nitrogens is 1. The molecule has 1 fully saturated rings. The molecular formula is C17H27N3O2. The highest BCUT2D eigenvalue weighted by atomic mass is 16.6. The smallest absolute Gasteiger partial charge is 0.410 e. The lowest BCUT2D eigenvalue weighted by molar-refractivity contribution is 0.0959. The first kappa shape index (κ1) is 16.6. The van der Waals surface area contributed by atoms with Crippen LogP contribution in [0, 0.1) is 0 Å². The first-order valence-corrected chi connectivity index (χ1v) is 8.21. The molecule has 2 heterocycles. The Morgan fingerprint density at radius 2 is 2.23 bits per heavy atom. The number of rotatable bonds is 5. The molecule has 0 bridgehead atoms. The summed E-state index contributed by atoms with van der Waals surface area (Å²) in [6.07, 6.45) is 2.70. The van der Waals surface area contributed by atoms with Crippen molar-refractivity contribution in [1.29, 1.82) is 0 Å². The molecule has 5 nitrogen and oxygen atoms in total. The highest BCUT2D eigenvalue weighted by Gasteiger charge is 2.31. The van der Waals surface area contributed by atoms with Crippen LogP contribution in [0.5, 0.6) is 0 Å². The first-order valence-electron chi connectivity index (χ1n) is 8.21. The minimum absolute atomic E-state index is 0.204. The van der Waals surface area contributed by atoms with E-state index >= 15 is 0 Å². The van der Waals surface area contributed by atoms with E-state index in [-0.39, 0.29) is 12.1 Å². The summed E-state index contributed by atoms with van der Waals surface area (Å²) in [5, 5.41) is 0. The molecule has 0 saturated carbocycles. The lowest BCUT2D eigenvalue weighted by Crippen LogP contribution is -2.42. The molecule has 1 atom stereocenters. The lowest BCUT2D eigenvalue weighted by atomic mass is 10.1. The van der Waals surface area contributed by atoms with E-state index in [0.717, 1.165) is 25.3 Å². The number of nitrogens with zero attached hydrogens (tertiary/aromatic N) is 3. The molecular weight excluding hydrogens is 278 g/mol. The third kappa shape index (κ3) is 3.70. The Labute approximate surface area is 133 Å². The van der Waals surface area contributed by atoms with E-state index in [9.17, 15) is 4.79 Å². The Bertz CT molecular complexity index is 487. The van der Waals surface area contributed by atoms with Crippen LogP contribution in [0.15, 0.2) is 18.3 Å². The molecule has 0 aromatic carbocycles. The van der Waals surface area contributed by atoms with E-state index in [4.69, 9.17) is 4.74 Å². The molecule has 5 heteroatoms. The van der Waals surface area contributed by atoms with Crippen molar-refractivity contribution in [2.24, 2.45) is 0 Å². The molecule has 1 unspecified atom stereocenters. The van der Waals surface area contributed by atoms with Crippen LogP contribution in [-0.2, 0) is 4.74 Å². The molecule has 1 aromatic heterocycles. The van der Waals surface area contributed by atoms with Crippen LogP contribution in [0.25, 0.3) is 0 Å². The number of pyridine rings is 1. The zero-order chi connectivity index (χ0) is 16.1. The van der Waals surface area contributed by atoms with Crippen molar-refractivity contribution in [2.75, 3.05) is 31.1 Å². The van der Waals surface area contributed by atoms with E-state index in [1.807, 2.05) is 24.9 Å². The van der Waals surface area contributed by atoms with Gasteiger partial charge in [0, 0.05) is 25.8 Å². The zero-order valence-electron chi connectivity index (χ0n) is 14.1. The Kier molecular flexibility index (Phi) is 5.63. The van der Waals surface area contributed by atoms with Crippen molar-refractivity contribution in [1.82, 2.24) is 9.88 Å². The number of ether oxygens (including phenoxy) is 1. The fraction of sp³-hybridized carbons (Fsp3) is 0.647. The summed E-state index contributed by atoms with van der Waals surface area (Å²) < 4.78 is 5.14. The zero-order valence-corrected chi connectivity index (χ0v) is 14.1. The number of hydrogen-bond acceptors (Lipinski definition) is 4. The number of amides is 1. The second-order valence-corrected chi connectivity index (χ2v) is 5.98. The number of hydrogen-bond donors (Lipinski definition) is 0. The molecule has 1 aromatic rings. The summed E-state index contributed by atoms with van der Waals surface area (Å²) in [5.74, 6) is 1.49. The molecule has 0 N–H and O–H groups in total. The highest BCUT2D eigenvalue weighted by Crippen LogP contribution is 2.23. The third-order valence-electron chi connectivity index (χ3n) is 4.21. The van der Waals surface area contributed by atoms with Gasteiger partial charge in [-0.15, -0.1) is 0 Å². The number of anilines is 1. The molecule has 1 amide bonds. The van der Waals surface area contributed by atoms with Crippen LogP contribution in [0.4, 0.5) is 10.6 Å². The maximum absolute atomic E-state index is 12.0. The lowest BCUT2D eigenvalue weighted by Gasteiger charge is -2.27. The van der Waals surface area contributed by atoms with Crippen LogP contribution in [0.2, 0.25) is 0 Å². The molecule has 0 spiro atoms. The fourth-order valence-electron chi connectivity index (χ4n) is 2.87. The Morgan fingerprint density at radius 1 is 1.45 bits per heavy atom. The van der Waals surface area contributed by atoms with Gasteiger partial charge in [0.25, 0.3) is 0 Å². The number of likely N-dealkylation sites (N-methyl/N-ethyl adjacent to an activating group) is 1. The van der Waals surface area contributed by atoms with Gasteiger partial charge in [-0.25, -0.2) is 9.78 Å². The van der Waals surface area contributed by atoms with Crippen molar-refractivity contribution in [3.63, 3.8) is 0 Å². The van der Waals surface area contributed by atoms with Gasteiger partial charge in [0.1, 0.15) is 5.82 Å². The fourth-order valence-corrected chi connectivity index (χ4v) is 2.87. The quantitative estimate of drug-likeness (QED) is 0.837. The highest BCUT2D eigenvalue weighted by molar-refractivity contribution is 5.68. The summed E-state index contributed by atoms with van der Waals surface area (Å²) in [7, 11) is 0. The average Bonchev–Trinajstić information content (AvgIpc) is 2.98. The van der Waals surface area contributed by atoms with Gasteiger partial charge in [-0.2, -0.15) is 0 Å². The topological polar surface area (TPSA) is 45.7 Å². The third-order valence-corrected chi connectivity index (χ3v) is 4.21. The molecule has 122 valence electrons. The summed E-state index contributed by atoms with van der Waals surface area (Å²) in [5.41, 5.74) is 1.25. The van der Waals surface area contributed by atoms with Gasteiger partial charge < -0.3 is 14.5 Å².